The van der Waals surface area contributed by atoms with E-state index in [1.807, 2.05) is 40.7 Å². The first-order chi connectivity index (χ1) is 11.6. The van der Waals surface area contributed by atoms with Crippen LogP contribution in [0.3, 0.4) is 0 Å². The van der Waals surface area contributed by atoms with Crippen LogP contribution in [0.1, 0.15) is 18.1 Å². The minimum Gasteiger partial charge on any atom is -0.480 e. The largest absolute Gasteiger partial charge is 0.480 e. The Hall–Kier alpha value is -1.57. The van der Waals surface area contributed by atoms with E-state index in [1.54, 1.807) is 11.8 Å². The van der Waals surface area contributed by atoms with Crippen LogP contribution in [0.15, 0.2) is 29.2 Å². The van der Waals surface area contributed by atoms with Crippen molar-refractivity contribution in [2.75, 3.05) is 12.3 Å². The smallest absolute Gasteiger partial charge is 0.322 e. The van der Waals surface area contributed by atoms with Gasteiger partial charge in [-0.25, -0.2) is 0 Å². The summed E-state index contributed by atoms with van der Waals surface area (Å²) in [5.41, 5.74) is 0. The molecule has 0 spiro atoms. The molecule has 6 nitrogen and oxygen atoms in total. The second kappa shape index (κ2) is 7.55. The lowest BCUT2D eigenvalue weighted by Gasteiger charge is -2.33. The van der Waals surface area contributed by atoms with E-state index in [4.69, 9.17) is 11.6 Å². The highest BCUT2D eigenvalue weighted by atomic mass is 35.5. The number of carboxylic acids is 1. The van der Waals surface area contributed by atoms with Gasteiger partial charge in [0.25, 0.3) is 0 Å². The van der Waals surface area contributed by atoms with Crippen LogP contribution in [0.5, 0.6) is 0 Å². The van der Waals surface area contributed by atoms with Crippen LogP contribution in [-0.2, 0) is 17.9 Å². The Balaban J connectivity index is 1.57. The molecule has 128 valence electrons. The van der Waals surface area contributed by atoms with E-state index < -0.39 is 12.0 Å². The zero-order chi connectivity index (χ0) is 17.1. The van der Waals surface area contributed by atoms with Gasteiger partial charge in [0.05, 0.1) is 18.1 Å². The Kier molecular flexibility index (Phi) is 5.43. The highest BCUT2D eigenvalue weighted by Crippen LogP contribution is 2.27. The summed E-state index contributed by atoms with van der Waals surface area (Å²) in [6.07, 6.45) is 0.882. The van der Waals surface area contributed by atoms with E-state index >= 15 is 0 Å². The number of benzene rings is 1. The van der Waals surface area contributed by atoms with Crippen molar-refractivity contribution in [2.45, 2.75) is 37.4 Å². The number of carbonyl (C=O) groups is 1. The van der Waals surface area contributed by atoms with E-state index in [0.717, 1.165) is 33.7 Å². The summed E-state index contributed by atoms with van der Waals surface area (Å²) in [6, 6.07) is 7.23. The molecule has 3 rings (SSSR count). The van der Waals surface area contributed by atoms with Crippen LogP contribution in [0, 0.1) is 6.92 Å². The van der Waals surface area contributed by atoms with E-state index in [-0.39, 0.29) is 0 Å². The fraction of sp³-hybridized carbons (Fsp3) is 0.438. The van der Waals surface area contributed by atoms with Crippen molar-refractivity contribution in [2.24, 2.45) is 0 Å². The average molecular weight is 367 g/mol. The fourth-order valence-electron chi connectivity index (χ4n) is 2.84. The number of aliphatic carboxylic acids is 1. The van der Waals surface area contributed by atoms with Crippen molar-refractivity contribution in [1.82, 2.24) is 19.7 Å². The lowest BCUT2D eigenvalue weighted by atomic mass is 10.2. The van der Waals surface area contributed by atoms with Crippen molar-refractivity contribution < 1.29 is 9.90 Å². The number of aryl methyl sites for hydroxylation is 1. The number of thioether (sulfide) groups is 1. The molecule has 1 N–H and O–H groups in total. The Morgan fingerprint density at radius 2 is 2.21 bits per heavy atom. The first-order valence-corrected chi connectivity index (χ1v) is 9.15. The third kappa shape index (κ3) is 3.74. The van der Waals surface area contributed by atoms with Crippen molar-refractivity contribution in [3.8, 4) is 0 Å². The lowest BCUT2D eigenvalue weighted by molar-refractivity contribution is -0.145. The molecule has 24 heavy (non-hydrogen) atoms. The molecule has 0 amide bonds. The Morgan fingerprint density at radius 1 is 1.42 bits per heavy atom. The molecule has 0 radical (unpaired) electrons. The molecule has 1 atom stereocenters. The quantitative estimate of drug-likeness (QED) is 0.626. The van der Waals surface area contributed by atoms with Crippen LogP contribution in [0.4, 0.5) is 0 Å². The SMILES string of the molecule is Cc1nnc2n1CC(C(=O)O)N(CCCSc1ccccc1Cl)C2. The van der Waals surface area contributed by atoms with Gasteiger partial charge in [-0.3, -0.25) is 9.69 Å². The predicted octanol–water partition coefficient (Wildman–Crippen LogP) is 2.69. The predicted molar refractivity (Wildman–Crippen MR) is 93.4 cm³/mol. The topological polar surface area (TPSA) is 71.2 Å². The molecule has 0 fully saturated rings. The summed E-state index contributed by atoms with van der Waals surface area (Å²) >= 11 is 7.84. The summed E-state index contributed by atoms with van der Waals surface area (Å²) in [5.74, 6) is 1.69. The number of hydrogen-bond donors (Lipinski definition) is 1. The van der Waals surface area contributed by atoms with Gasteiger partial charge in [-0.05, 0) is 31.2 Å². The lowest BCUT2D eigenvalue weighted by Crippen LogP contribution is -2.48. The van der Waals surface area contributed by atoms with Gasteiger partial charge in [-0.15, -0.1) is 22.0 Å². The molecule has 1 unspecified atom stereocenters. The van der Waals surface area contributed by atoms with Crippen LogP contribution in [-0.4, -0.2) is 49.1 Å². The number of hydrogen-bond acceptors (Lipinski definition) is 5. The second-order valence-electron chi connectivity index (χ2n) is 5.73. The highest BCUT2D eigenvalue weighted by Gasteiger charge is 2.32. The first-order valence-electron chi connectivity index (χ1n) is 7.79. The number of rotatable bonds is 6. The molecule has 1 aliphatic heterocycles. The van der Waals surface area contributed by atoms with Gasteiger partial charge in [0.15, 0.2) is 0 Å². The molecular weight excluding hydrogens is 348 g/mol. The first kappa shape index (κ1) is 17.3. The van der Waals surface area contributed by atoms with E-state index in [9.17, 15) is 9.90 Å². The Bertz CT molecular complexity index is 737. The third-order valence-corrected chi connectivity index (χ3v) is 5.72. The minimum atomic E-state index is -0.799. The maximum Gasteiger partial charge on any atom is 0.322 e. The standard InChI is InChI=1S/C16H19ClN4O2S/c1-11-18-19-15-10-20(13(16(22)23)9-21(11)15)7-4-8-24-14-6-3-2-5-12(14)17/h2-3,5-6,13H,4,7-10H2,1H3,(H,22,23). The van der Waals surface area contributed by atoms with Crippen molar-refractivity contribution in [1.29, 1.82) is 0 Å². The molecule has 0 saturated heterocycles. The number of halogens is 1. The molecule has 2 aromatic rings. The molecule has 1 aromatic heterocycles. The van der Waals surface area contributed by atoms with Crippen LogP contribution in [0.2, 0.25) is 5.02 Å². The van der Waals surface area contributed by atoms with Gasteiger partial charge in [-0.2, -0.15) is 0 Å². The number of carboxylic acid groups (broad SMARTS) is 1. The molecule has 0 bridgehead atoms. The van der Waals surface area contributed by atoms with Gasteiger partial charge in [-0.1, -0.05) is 23.7 Å². The normalized spacial score (nSPS) is 17.7. The summed E-state index contributed by atoms with van der Waals surface area (Å²) in [7, 11) is 0. The van der Waals surface area contributed by atoms with Gasteiger partial charge in [0, 0.05) is 11.4 Å². The number of nitrogens with zero attached hydrogens (tertiary/aromatic N) is 4. The van der Waals surface area contributed by atoms with E-state index in [2.05, 4.69) is 10.2 Å². The Morgan fingerprint density at radius 3 is 2.96 bits per heavy atom. The maximum absolute atomic E-state index is 11.6. The number of aromatic nitrogens is 3. The van der Waals surface area contributed by atoms with Crippen LogP contribution in [0.25, 0.3) is 0 Å². The highest BCUT2D eigenvalue weighted by molar-refractivity contribution is 7.99. The molecule has 1 aromatic carbocycles. The van der Waals surface area contributed by atoms with Crippen molar-refractivity contribution in [3.05, 3.63) is 40.9 Å². The summed E-state index contributed by atoms with van der Waals surface area (Å²) < 4.78 is 1.90. The zero-order valence-corrected chi connectivity index (χ0v) is 14.9. The summed E-state index contributed by atoms with van der Waals surface area (Å²) in [4.78, 5) is 14.6. The third-order valence-electron chi connectivity index (χ3n) is 4.12. The second-order valence-corrected chi connectivity index (χ2v) is 7.27. The summed E-state index contributed by atoms with van der Waals surface area (Å²) in [6.45, 7) is 3.49. The van der Waals surface area contributed by atoms with Crippen molar-refractivity contribution in [3.63, 3.8) is 0 Å². The molecule has 2 heterocycles. The molecule has 0 aliphatic carbocycles. The van der Waals surface area contributed by atoms with E-state index in [1.165, 1.54) is 0 Å². The number of fused-ring (bicyclic) bond motifs is 1. The fourth-order valence-corrected chi connectivity index (χ4v) is 4.01. The molecule has 0 saturated carbocycles. The zero-order valence-electron chi connectivity index (χ0n) is 13.4. The summed E-state index contributed by atoms with van der Waals surface area (Å²) in [5, 5.41) is 18.5. The van der Waals surface area contributed by atoms with Crippen LogP contribution < -0.4 is 0 Å². The van der Waals surface area contributed by atoms with Gasteiger partial charge < -0.3 is 9.67 Å². The van der Waals surface area contributed by atoms with Crippen molar-refractivity contribution >= 4 is 29.3 Å². The maximum atomic E-state index is 11.6. The van der Waals surface area contributed by atoms with Gasteiger partial charge >= 0.3 is 5.97 Å². The van der Waals surface area contributed by atoms with Crippen LogP contribution >= 0.6 is 23.4 Å². The average Bonchev–Trinajstić information content (AvgIpc) is 2.92. The molecule has 1 aliphatic rings. The van der Waals surface area contributed by atoms with Gasteiger partial charge in [0.2, 0.25) is 0 Å². The molecular formula is C16H19ClN4O2S. The van der Waals surface area contributed by atoms with Gasteiger partial charge in [0.1, 0.15) is 17.7 Å². The van der Waals surface area contributed by atoms with E-state index in [0.29, 0.717) is 19.6 Å². The monoisotopic (exact) mass is 366 g/mol. The minimum absolute atomic E-state index is 0.404. The Labute approximate surface area is 149 Å². The molecule has 8 heteroatoms.